The lowest BCUT2D eigenvalue weighted by molar-refractivity contribution is -0.133. The third-order valence-electron chi connectivity index (χ3n) is 5.07. The number of rotatable bonds is 7. The molecule has 0 radical (unpaired) electrons. The number of amides is 1. The average Bonchev–Trinajstić information content (AvgIpc) is 2.74. The van der Waals surface area contributed by atoms with E-state index in [0.717, 1.165) is 18.7 Å². The van der Waals surface area contributed by atoms with Gasteiger partial charge in [0.1, 0.15) is 5.75 Å². The quantitative estimate of drug-likeness (QED) is 0.685. The fourth-order valence-electron chi connectivity index (χ4n) is 3.22. The summed E-state index contributed by atoms with van der Waals surface area (Å²) in [5.41, 5.74) is 0.829. The number of sulfonamides is 1. The molecule has 0 spiro atoms. The van der Waals surface area contributed by atoms with E-state index in [2.05, 4.69) is 4.90 Å². The van der Waals surface area contributed by atoms with Crippen molar-refractivity contribution in [2.75, 3.05) is 46.9 Å². The van der Waals surface area contributed by atoms with Crippen LogP contribution in [0.3, 0.4) is 0 Å². The smallest absolute Gasteiger partial charge is 0.243 e. The molecule has 8 heteroatoms. The van der Waals surface area contributed by atoms with Crippen LogP contribution in [0.5, 0.6) is 5.75 Å². The van der Waals surface area contributed by atoms with E-state index >= 15 is 0 Å². The summed E-state index contributed by atoms with van der Waals surface area (Å²) in [6.45, 7) is 2.74. The van der Waals surface area contributed by atoms with Gasteiger partial charge < -0.3 is 14.5 Å². The summed E-state index contributed by atoms with van der Waals surface area (Å²) in [6, 6.07) is 15.5. The molecule has 0 bridgehead atoms. The molecule has 7 nitrogen and oxygen atoms in total. The van der Waals surface area contributed by atoms with Crippen molar-refractivity contribution in [2.24, 2.45) is 0 Å². The number of likely N-dealkylation sites (N-methyl/N-ethyl adjacent to an activating group) is 1. The second kappa shape index (κ2) is 9.39. The first kappa shape index (κ1) is 21.3. The molecular weight excluding hydrogens is 390 g/mol. The molecule has 0 atom stereocenters. The molecule has 0 aliphatic carbocycles. The Bertz CT molecular complexity index is 909. The molecule has 1 aliphatic heterocycles. The summed E-state index contributed by atoms with van der Waals surface area (Å²) in [5, 5.41) is 0. The Kier molecular flexibility index (Phi) is 6.89. The van der Waals surface area contributed by atoms with Crippen LogP contribution in [0, 0.1) is 0 Å². The SMILES string of the molecule is COc1ccc(S(=O)(=O)N(CC(=O)N2CCN(C)CC2)Cc2ccccc2)cc1. The first-order chi connectivity index (χ1) is 13.9. The van der Waals surface area contributed by atoms with Crippen LogP contribution >= 0.6 is 0 Å². The second-order valence-electron chi connectivity index (χ2n) is 7.12. The lowest BCUT2D eigenvalue weighted by atomic mass is 10.2. The van der Waals surface area contributed by atoms with Gasteiger partial charge in [-0.05, 0) is 36.9 Å². The molecule has 1 aliphatic rings. The minimum Gasteiger partial charge on any atom is -0.497 e. The fourth-order valence-corrected chi connectivity index (χ4v) is 4.59. The van der Waals surface area contributed by atoms with Crippen LogP contribution in [0.25, 0.3) is 0 Å². The van der Waals surface area contributed by atoms with Gasteiger partial charge in [-0.3, -0.25) is 4.79 Å². The van der Waals surface area contributed by atoms with E-state index in [9.17, 15) is 13.2 Å². The molecule has 2 aromatic carbocycles. The number of ether oxygens (including phenoxy) is 1. The van der Waals surface area contributed by atoms with E-state index in [1.807, 2.05) is 37.4 Å². The molecule has 1 heterocycles. The zero-order chi connectivity index (χ0) is 20.9. The van der Waals surface area contributed by atoms with Crippen LogP contribution in [0.1, 0.15) is 5.56 Å². The number of hydrogen-bond acceptors (Lipinski definition) is 5. The Labute approximate surface area is 172 Å². The first-order valence-electron chi connectivity index (χ1n) is 9.54. The van der Waals surface area contributed by atoms with E-state index in [1.54, 1.807) is 17.0 Å². The molecule has 0 unspecified atom stereocenters. The van der Waals surface area contributed by atoms with Crippen molar-refractivity contribution in [3.8, 4) is 5.75 Å². The summed E-state index contributed by atoms with van der Waals surface area (Å²) in [7, 11) is -0.310. The molecule has 1 saturated heterocycles. The third kappa shape index (κ3) is 5.35. The number of nitrogens with zero attached hydrogens (tertiary/aromatic N) is 3. The molecule has 0 saturated carbocycles. The van der Waals surface area contributed by atoms with Crippen molar-refractivity contribution >= 4 is 15.9 Å². The van der Waals surface area contributed by atoms with E-state index in [-0.39, 0.29) is 23.9 Å². The predicted molar refractivity (Wildman–Crippen MR) is 111 cm³/mol. The number of carbonyl (C=O) groups is 1. The summed E-state index contributed by atoms with van der Waals surface area (Å²) < 4.78 is 33.0. The van der Waals surface area contributed by atoms with Crippen LogP contribution in [-0.2, 0) is 21.4 Å². The zero-order valence-electron chi connectivity index (χ0n) is 16.8. The van der Waals surface area contributed by atoms with Gasteiger partial charge in [-0.2, -0.15) is 4.31 Å². The van der Waals surface area contributed by atoms with Crippen LogP contribution < -0.4 is 4.74 Å². The molecule has 1 fully saturated rings. The Balaban J connectivity index is 1.84. The molecule has 3 rings (SSSR count). The molecule has 0 aromatic heterocycles. The van der Waals surface area contributed by atoms with Gasteiger partial charge in [0, 0.05) is 32.7 Å². The third-order valence-corrected chi connectivity index (χ3v) is 6.87. The summed E-state index contributed by atoms with van der Waals surface area (Å²) in [6.07, 6.45) is 0. The van der Waals surface area contributed by atoms with Crippen LogP contribution in [-0.4, -0.2) is 75.3 Å². The van der Waals surface area contributed by atoms with Crippen LogP contribution in [0.15, 0.2) is 59.5 Å². The largest absolute Gasteiger partial charge is 0.497 e. The van der Waals surface area contributed by atoms with Crippen molar-refractivity contribution in [2.45, 2.75) is 11.4 Å². The first-order valence-corrected chi connectivity index (χ1v) is 11.0. The van der Waals surface area contributed by atoms with Gasteiger partial charge >= 0.3 is 0 Å². The number of methoxy groups -OCH3 is 1. The minimum absolute atomic E-state index is 0.134. The van der Waals surface area contributed by atoms with Crippen molar-refractivity contribution in [3.63, 3.8) is 0 Å². The molecular formula is C21H27N3O4S. The Hall–Kier alpha value is -2.42. The van der Waals surface area contributed by atoms with E-state index in [0.29, 0.717) is 18.8 Å². The molecule has 156 valence electrons. The van der Waals surface area contributed by atoms with Crippen molar-refractivity contribution in [1.29, 1.82) is 0 Å². The van der Waals surface area contributed by atoms with Gasteiger partial charge in [0.15, 0.2) is 0 Å². The fraction of sp³-hybridized carbons (Fsp3) is 0.381. The summed E-state index contributed by atoms with van der Waals surface area (Å²) in [4.78, 5) is 16.9. The lowest BCUT2D eigenvalue weighted by Crippen LogP contribution is -2.50. The van der Waals surface area contributed by atoms with Crippen LogP contribution in [0.2, 0.25) is 0 Å². The molecule has 2 aromatic rings. The van der Waals surface area contributed by atoms with Gasteiger partial charge in [-0.15, -0.1) is 0 Å². The maximum Gasteiger partial charge on any atom is 0.243 e. The topological polar surface area (TPSA) is 70.2 Å². The Morgan fingerprint density at radius 1 is 1.00 bits per heavy atom. The molecule has 0 N–H and O–H groups in total. The van der Waals surface area contributed by atoms with Gasteiger partial charge in [-0.25, -0.2) is 8.42 Å². The summed E-state index contributed by atoms with van der Waals surface area (Å²) >= 11 is 0. The van der Waals surface area contributed by atoms with Crippen LogP contribution in [0.4, 0.5) is 0 Å². The second-order valence-corrected chi connectivity index (χ2v) is 9.06. The summed E-state index contributed by atoms with van der Waals surface area (Å²) in [5.74, 6) is 0.401. The standard InChI is InChI=1S/C21H27N3O4S/c1-22-12-14-23(15-13-22)21(25)17-24(16-18-6-4-3-5-7-18)29(26,27)20-10-8-19(28-2)9-11-20/h3-11H,12-17H2,1-2H3. The predicted octanol–water partition coefficient (Wildman–Crippen LogP) is 1.66. The van der Waals surface area contributed by atoms with Gasteiger partial charge in [0.05, 0.1) is 18.6 Å². The van der Waals surface area contributed by atoms with Gasteiger partial charge in [-0.1, -0.05) is 30.3 Å². The Morgan fingerprint density at radius 2 is 1.62 bits per heavy atom. The van der Waals surface area contributed by atoms with Crippen molar-refractivity contribution < 1.29 is 17.9 Å². The monoisotopic (exact) mass is 417 g/mol. The average molecular weight is 418 g/mol. The highest BCUT2D eigenvalue weighted by molar-refractivity contribution is 7.89. The van der Waals surface area contributed by atoms with Gasteiger partial charge in [0.2, 0.25) is 15.9 Å². The Morgan fingerprint density at radius 3 is 2.21 bits per heavy atom. The number of carbonyl (C=O) groups excluding carboxylic acids is 1. The van der Waals surface area contributed by atoms with Crippen molar-refractivity contribution in [1.82, 2.24) is 14.1 Å². The van der Waals surface area contributed by atoms with Gasteiger partial charge in [0.25, 0.3) is 0 Å². The van der Waals surface area contributed by atoms with E-state index in [4.69, 9.17) is 4.74 Å². The molecule has 29 heavy (non-hydrogen) atoms. The zero-order valence-corrected chi connectivity index (χ0v) is 17.6. The minimum atomic E-state index is -3.85. The normalized spacial score (nSPS) is 15.5. The number of benzene rings is 2. The highest BCUT2D eigenvalue weighted by Gasteiger charge is 2.29. The molecule has 1 amide bonds. The van der Waals surface area contributed by atoms with E-state index < -0.39 is 10.0 Å². The highest BCUT2D eigenvalue weighted by Crippen LogP contribution is 2.21. The van der Waals surface area contributed by atoms with Crippen molar-refractivity contribution in [3.05, 3.63) is 60.2 Å². The number of piperazine rings is 1. The highest BCUT2D eigenvalue weighted by atomic mass is 32.2. The lowest BCUT2D eigenvalue weighted by Gasteiger charge is -2.33. The maximum absolute atomic E-state index is 13.3. The number of hydrogen-bond donors (Lipinski definition) is 0. The maximum atomic E-state index is 13.3. The van der Waals surface area contributed by atoms with E-state index in [1.165, 1.54) is 23.5 Å².